The van der Waals surface area contributed by atoms with E-state index in [1.54, 1.807) is 13.1 Å². The van der Waals surface area contributed by atoms with Crippen molar-refractivity contribution in [1.82, 2.24) is 15.2 Å². The monoisotopic (exact) mass is 247 g/mol. The smallest absolute Gasteiger partial charge is 0.269 e. The van der Waals surface area contributed by atoms with E-state index in [-0.39, 0.29) is 5.91 Å². The summed E-state index contributed by atoms with van der Waals surface area (Å²) in [5.41, 5.74) is 1.47. The second kappa shape index (κ2) is 5.48. The van der Waals surface area contributed by atoms with Gasteiger partial charge in [0.15, 0.2) is 0 Å². The Kier molecular flexibility index (Phi) is 3.97. The Bertz CT molecular complexity index is 425. The van der Waals surface area contributed by atoms with Crippen LogP contribution in [0, 0.1) is 11.8 Å². The van der Waals surface area contributed by atoms with Crippen LogP contribution in [0.5, 0.6) is 0 Å². The molecule has 1 N–H and O–H groups in total. The van der Waals surface area contributed by atoms with E-state index >= 15 is 0 Å². The largest absolute Gasteiger partial charge is 0.354 e. The van der Waals surface area contributed by atoms with Crippen molar-refractivity contribution in [1.29, 1.82) is 0 Å². The quantitative estimate of drug-likeness (QED) is 0.877. The number of hydrogen-bond donors (Lipinski definition) is 1. The molecule has 0 radical (unpaired) electrons. The number of aromatic nitrogens is 1. The topological polar surface area (TPSA) is 45.2 Å². The average Bonchev–Trinajstić information content (AvgIpc) is 2.32. The highest BCUT2D eigenvalue weighted by Gasteiger charge is 2.28. The molecule has 0 spiro atoms. The van der Waals surface area contributed by atoms with Gasteiger partial charge in [-0.1, -0.05) is 19.9 Å². The molecule has 2 heterocycles. The lowest BCUT2D eigenvalue weighted by molar-refractivity contribution is 0.0602. The normalized spacial score (nSPS) is 16.7. The summed E-state index contributed by atoms with van der Waals surface area (Å²) in [7, 11) is 1.62. The molecule has 1 aromatic heterocycles. The molecular weight excluding hydrogens is 226 g/mol. The molecule has 1 aliphatic rings. The van der Waals surface area contributed by atoms with Crippen molar-refractivity contribution < 1.29 is 4.79 Å². The van der Waals surface area contributed by atoms with Crippen LogP contribution in [-0.2, 0) is 6.54 Å². The molecule has 1 aromatic rings. The Morgan fingerprint density at radius 2 is 2.22 bits per heavy atom. The average molecular weight is 247 g/mol. The number of amides is 1. The van der Waals surface area contributed by atoms with E-state index in [2.05, 4.69) is 29.0 Å². The Labute approximate surface area is 108 Å². The maximum Gasteiger partial charge on any atom is 0.269 e. The number of likely N-dealkylation sites (tertiary alicyclic amines) is 1. The van der Waals surface area contributed by atoms with Crippen LogP contribution in [0.25, 0.3) is 0 Å². The third-order valence-corrected chi connectivity index (χ3v) is 3.58. The molecule has 18 heavy (non-hydrogen) atoms. The molecule has 1 aliphatic heterocycles. The van der Waals surface area contributed by atoms with Gasteiger partial charge in [-0.05, 0) is 24.0 Å². The number of carbonyl (C=O) groups is 1. The summed E-state index contributed by atoms with van der Waals surface area (Å²) in [5.74, 6) is 1.44. The lowest BCUT2D eigenvalue weighted by Crippen LogP contribution is -2.48. The van der Waals surface area contributed by atoms with Gasteiger partial charge in [-0.25, -0.2) is 4.98 Å². The van der Waals surface area contributed by atoms with Crippen LogP contribution in [0.2, 0.25) is 0 Å². The highest BCUT2D eigenvalue weighted by atomic mass is 16.1. The van der Waals surface area contributed by atoms with Crippen molar-refractivity contribution in [3.63, 3.8) is 0 Å². The summed E-state index contributed by atoms with van der Waals surface area (Å²) in [5, 5.41) is 2.60. The Morgan fingerprint density at radius 3 is 2.83 bits per heavy atom. The van der Waals surface area contributed by atoms with Gasteiger partial charge in [-0.3, -0.25) is 9.69 Å². The molecule has 1 amide bonds. The number of carbonyl (C=O) groups excluding carboxylic acids is 1. The van der Waals surface area contributed by atoms with Gasteiger partial charge in [0.05, 0.1) is 5.69 Å². The first-order chi connectivity index (χ1) is 8.60. The van der Waals surface area contributed by atoms with Crippen molar-refractivity contribution >= 4 is 5.91 Å². The van der Waals surface area contributed by atoms with Crippen LogP contribution in [-0.4, -0.2) is 35.9 Å². The molecule has 0 atom stereocenters. The minimum absolute atomic E-state index is 0.125. The fourth-order valence-electron chi connectivity index (χ4n) is 2.21. The molecule has 1 saturated heterocycles. The first-order valence-electron chi connectivity index (χ1n) is 6.50. The van der Waals surface area contributed by atoms with Crippen molar-refractivity contribution in [2.24, 2.45) is 11.8 Å². The highest BCUT2D eigenvalue weighted by molar-refractivity contribution is 5.91. The fourth-order valence-corrected chi connectivity index (χ4v) is 2.21. The molecule has 4 heteroatoms. The standard InChI is InChI=1S/C14H21N3O/c1-10(2)11-7-17(8-11)9-12-5-4-6-13(16-12)14(18)15-3/h4-6,10-11H,7-9H2,1-3H3,(H,15,18). The van der Waals surface area contributed by atoms with Crippen molar-refractivity contribution in [2.45, 2.75) is 20.4 Å². The van der Waals surface area contributed by atoms with E-state index in [1.807, 2.05) is 12.1 Å². The molecule has 0 aromatic carbocycles. The van der Waals surface area contributed by atoms with E-state index in [1.165, 1.54) is 0 Å². The predicted molar refractivity (Wildman–Crippen MR) is 71.2 cm³/mol. The maximum atomic E-state index is 11.5. The molecular formula is C14H21N3O. The van der Waals surface area contributed by atoms with E-state index in [0.717, 1.165) is 37.2 Å². The van der Waals surface area contributed by atoms with Crippen LogP contribution in [0.3, 0.4) is 0 Å². The van der Waals surface area contributed by atoms with Crippen molar-refractivity contribution in [3.05, 3.63) is 29.6 Å². The summed E-state index contributed by atoms with van der Waals surface area (Å²) in [4.78, 5) is 18.2. The van der Waals surface area contributed by atoms with Crippen LogP contribution in [0.1, 0.15) is 30.0 Å². The fraction of sp³-hybridized carbons (Fsp3) is 0.571. The van der Waals surface area contributed by atoms with E-state index in [4.69, 9.17) is 0 Å². The van der Waals surface area contributed by atoms with Gasteiger partial charge >= 0.3 is 0 Å². The Morgan fingerprint density at radius 1 is 1.50 bits per heavy atom. The summed E-state index contributed by atoms with van der Waals surface area (Å²) >= 11 is 0. The zero-order valence-corrected chi connectivity index (χ0v) is 11.3. The molecule has 0 aliphatic carbocycles. The molecule has 2 rings (SSSR count). The molecule has 0 unspecified atom stereocenters. The third-order valence-electron chi connectivity index (χ3n) is 3.58. The molecule has 0 bridgehead atoms. The zero-order valence-electron chi connectivity index (χ0n) is 11.3. The summed E-state index contributed by atoms with van der Waals surface area (Å²) in [6.45, 7) is 7.67. The van der Waals surface area contributed by atoms with Crippen LogP contribution in [0.15, 0.2) is 18.2 Å². The Hall–Kier alpha value is -1.42. The first kappa shape index (κ1) is 13.0. The number of hydrogen-bond acceptors (Lipinski definition) is 3. The summed E-state index contributed by atoms with van der Waals surface area (Å²) < 4.78 is 0. The zero-order chi connectivity index (χ0) is 13.1. The maximum absolute atomic E-state index is 11.5. The first-order valence-corrected chi connectivity index (χ1v) is 6.50. The van der Waals surface area contributed by atoms with Gasteiger partial charge in [0, 0.05) is 26.7 Å². The van der Waals surface area contributed by atoms with Crippen molar-refractivity contribution in [3.8, 4) is 0 Å². The molecule has 0 saturated carbocycles. The van der Waals surface area contributed by atoms with Gasteiger partial charge in [0.25, 0.3) is 5.91 Å². The van der Waals surface area contributed by atoms with Gasteiger partial charge in [-0.15, -0.1) is 0 Å². The number of nitrogens with one attached hydrogen (secondary N) is 1. The Balaban J connectivity index is 1.93. The van der Waals surface area contributed by atoms with Gasteiger partial charge in [0.1, 0.15) is 5.69 Å². The van der Waals surface area contributed by atoms with E-state index < -0.39 is 0 Å². The highest BCUT2D eigenvalue weighted by Crippen LogP contribution is 2.24. The SMILES string of the molecule is CNC(=O)c1cccc(CN2CC(C(C)C)C2)n1. The van der Waals surface area contributed by atoms with Crippen molar-refractivity contribution in [2.75, 3.05) is 20.1 Å². The van der Waals surface area contributed by atoms with Crippen LogP contribution in [0.4, 0.5) is 0 Å². The third kappa shape index (κ3) is 2.88. The second-order valence-corrected chi connectivity index (χ2v) is 5.29. The number of rotatable bonds is 4. The molecule has 1 fully saturated rings. The lowest BCUT2D eigenvalue weighted by atomic mass is 9.88. The summed E-state index contributed by atoms with van der Waals surface area (Å²) in [6, 6.07) is 5.62. The predicted octanol–water partition coefficient (Wildman–Crippen LogP) is 1.53. The minimum Gasteiger partial charge on any atom is -0.354 e. The van der Waals surface area contributed by atoms with Crippen LogP contribution >= 0.6 is 0 Å². The van der Waals surface area contributed by atoms with Gasteiger partial charge in [-0.2, -0.15) is 0 Å². The van der Waals surface area contributed by atoms with Crippen LogP contribution < -0.4 is 5.32 Å². The second-order valence-electron chi connectivity index (χ2n) is 5.29. The van der Waals surface area contributed by atoms with Gasteiger partial charge in [0.2, 0.25) is 0 Å². The lowest BCUT2D eigenvalue weighted by Gasteiger charge is -2.41. The molecule has 98 valence electrons. The minimum atomic E-state index is -0.125. The van der Waals surface area contributed by atoms with E-state index in [0.29, 0.717) is 5.69 Å². The summed E-state index contributed by atoms with van der Waals surface area (Å²) in [6.07, 6.45) is 0. The molecule has 4 nitrogen and oxygen atoms in total. The van der Waals surface area contributed by atoms with E-state index in [9.17, 15) is 4.79 Å². The number of pyridine rings is 1. The number of nitrogens with zero attached hydrogens (tertiary/aromatic N) is 2. The van der Waals surface area contributed by atoms with Gasteiger partial charge < -0.3 is 5.32 Å².